The molecule has 0 aromatic heterocycles. The number of para-hydroxylation sites is 2. The Labute approximate surface area is 174 Å². The summed E-state index contributed by atoms with van der Waals surface area (Å²) in [4.78, 5) is -0.232. The Hall–Kier alpha value is -2.75. The molecule has 3 aromatic carbocycles. The Kier molecular flexibility index (Phi) is 6.02. The predicted molar refractivity (Wildman–Crippen MR) is 113 cm³/mol. The predicted octanol–water partition coefficient (Wildman–Crippen LogP) is 3.95. The number of halogens is 1. The minimum Gasteiger partial charge on any atom is -0.495 e. The number of ether oxygens (including phenoxy) is 1. The van der Waals surface area contributed by atoms with Gasteiger partial charge in [0.2, 0.25) is 0 Å². The normalized spacial score (nSPS) is 11.7. The maximum atomic E-state index is 12.9. The van der Waals surface area contributed by atoms with Gasteiger partial charge in [-0.3, -0.25) is 9.44 Å². The first-order valence-electron chi connectivity index (χ1n) is 8.26. The summed E-state index contributed by atoms with van der Waals surface area (Å²) >= 11 is 6.08. The van der Waals surface area contributed by atoms with E-state index in [-0.39, 0.29) is 26.2 Å². The second kappa shape index (κ2) is 8.32. The first-order chi connectivity index (χ1) is 13.7. The van der Waals surface area contributed by atoms with Crippen LogP contribution in [0.5, 0.6) is 5.75 Å². The SMILES string of the molecule is COc1ccccc1NS(=O)(=O)c1cc(NS(=O)(=O)c2ccccc2)ccc1Cl. The Morgan fingerprint density at radius 1 is 0.793 bits per heavy atom. The van der Waals surface area contributed by atoms with Crippen LogP contribution in [0.25, 0.3) is 0 Å². The molecule has 0 fully saturated rings. The molecule has 0 heterocycles. The molecule has 0 atom stereocenters. The average molecular weight is 453 g/mol. The van der Waals surface area contributed by atoms with Crippen molar-refractivity contribution in [2.75, 3.05) is 16.6 Å². The third-order valence-corrected chi connectivity index (χ3v) is 7.12. The van der Waals surface area contributed by atoms with Gasteiger partial charge in [-0.1, -0.05) is 41.9 Å². The fourth-order valence-electron chi connectivity index (χ4n) is 2.52. The van der Waals surface area contributed by atoms with Gasteiger partial charge < -0.3 is 4.74 Å². The summed E-state index contributed by atoms with van der Waals surface area (Å²) in [6.45, 7) is 0. The number of anilines is 2. The van der Waals surface area contributed by atoms with E-state index in [2.05, 4.69) is 9.44 Å². The van der Waals surface area contributed by atoms with E-state index in [0.29, 0.717) is 5.75 Å². The van der Waals surface area contributed by atoms with Crippen molar-refractivity contribution < 1.29 is 21.6 Å². The van der Waals surface area contributed by atoms with E-state index in [1.165, 1.54) is 37.4 Å². The fourth-order valence-corrected chi connectivity index (χ4v) is 5.18. The molecule has 3 rings (SSSR count). The van der Waals surface area contributed by atoms with Crippen molar-refractivity contribution in [3.05, 3.63) is 77.8 Å². The molecule has 0 aliphatic heterocycles. The van der Waals surface area contributed by atoms with Crippen molar-refractivity contribution in [2.24, 2.45) is 0 Å². The molecule has 0 bridgehead atoms. The van der Waals surface area contributed by atoms with Crippen molar-refractivity contribution in [2.45, 2.75) is 9.79 Å². The lowest BCUT2D eigenvalue weighted by atomic mass is 10.3. The van der Waals surface area contributed by atoms with Gasteiger partial charge in [-0.15, -0.1) is 0 Å². The topological polar surface area (TPSA) is 102 Å². The molecule has 2 N–H and O–H groups in total. The van der Waals surface area contributed by atoms with Crippen LogP contribution in [0.4, 0.5) is 11.4 Å². The molecular weight excluding hydrogens is 436 g/mol. The number of hydrogen-bond donors (Lipinski definition) is 2. The number of methoxy groups -OCH3 is 1. The highest BCUT2D eigenvalue weighted by atomic mass is 35.5. The van der Waals surface area contributed by atoms with E-state index < -0.39 is 20.0 Å². The Bertz CT molecular complexity index is 1230. The van der Waals surface area contributed by atoms with Gasteiger partial charge in [0.1, 0.15) is 10.6 Å². The quantitative estimate of drug-likeness (QED) is 0.565. The van der Waals surface area contributed by atoms with E-state index in [4.69, 9.17) is 16.3 Å². The molecule has 0 saturated heterocycles. The summed E-state index contributed by atoms with van der Waals surface area (Å²) in [5, 5.41) is -0.0601. The summed E-state index contributed by atoms with van der Waals surface area (Å²) < 4.78 is 60.6. The minimum atomic E-state index is -4.12. The molecule has 0 unspecified atom stereocenters. The van der Waals surface area contributed by atoms with Gasteiger partial charge in [0.15, 0.2) is 0 Å². The number of sulfonamides is 2. The molecule has 0 radical (unpaired) electrons. The minimum absolute atomic E-state index is 0.0477. The molecule has 0 saturated carbocycles. The smallest absolute Gasteiger partial charge is 0.263 e. The van der Waals surface area contributed by atoms with Crippen LogP contribution in [0.3, 0.4) is 0 Å². The molecule has 152 valence electrons. The number of nitrogens with one attached hydrogen (secondary N) is 2. The van der Waals surface area contributed by atoms with Gasteiger partial charge in [-0.25, -0.2) is 16.8 Å². The molecule has 0 aliphatic carbocycles. The van der Waals surface area contributed by atoms with Crippen molar-refractivity contribution in [3.63, 3.8) is 0 Å². The summed E-state index contributed by atoms with van der Waals surface area (Å²) in [7, 11) is -6.59. The van der Waals surface area contributed by atoms with E-state index in [0.717, 1.165) is 6.07 Å². The van der Waals surface area contributed by atoms with E-state index in [9.17, 15) is 16.8 Å². The summed E-state index contributed by atoms with van der Waals surface area (Å²) in [6, 6.07) is 18.0. The second-order valence-corrected chi connectivity index (χ2v) is 9.61. The van der Waals surface area contributed by atoms with Gasteiger partial charge in [0.05, 0.1) is 28.4 Å². The molecule has 3 aromatic rings. The first-order valence-corrected chi connectivity index (χ1v) is 11.6. The Balaban J connectivity index is 1.94. The van der Waals surface area contributed by atoms with Crippen LogP contribution in [-0.4, -0.2) is 23.9 Å². The second-order valence-electron chi connectivity index (χ2n) is 5.87. The van der Waals surface area contributed by atoms with Gasteiger partial charge in [0.25, 0.3) is 20.0 Å². The van der Waals surface area contributed by atoms with E-state index in [1.54, 1.807) is 36.4 Å². The van der Waals surface area contributed by atoms with Gasteiger partial charge >= 0.3 is 0 Å². The average Bonchev–Trinajstić information content (AvgIpc) is 2.70. The lowest BCUT2D eigenvalue weighted by molar-refractivity contribution is 0.417. The molecule has 7 nitrogen and oxygen atoms in total. The van der Waals surface area contributed by atoms with Crippen molar-refractivity contribution in [1.29, 1.82) is 0 Å². The van der Waals surface area contributed by atoms with Crippen molar-refractivity contribution >= 4 is 43.0 Å². The summed E-state index contributed by atoms with van der Waals surface area (Å²) in [6.07, 6.45) is 0. The van der Waals surface area contributed by atoms with Gasteiger partial charge in [0, 0.05) is 0 Å². The van der Waals surface area contributed by atoms with Crippen molar-refractivity contribution in [3.8, 4) is 5.75 Å². The summed E-state index contributed by atoms with van der Waals surface area (Å²) in [5.41, 5.74) is 0.278. The van der Waals surface area contributed by atoms with E-state index >= 15 is 0 Å². The lowest BCUT2D eigenvalue weighted by Crippen LogP contribution is -2.16. The molecular formula is C19H17ClN2O5S2. The zero-order chi connectivity index (χ0) is 21.1. The highest BCUT2D eigenvalue weighted by molar-refractivity contribution is 7.93. The molecule has 0 aliphatic rings. The fraction of sp³-hybridized carbons (Fsp3) is 0.0526. The number of rotatable bonds is 7. The maximum Gasteiger partial charge on any atom is 0.263 e. The Morgan fingerprint density at radius 3 is 2.14 bits per heavy atom. The highest BCUT2D eigenvalue weighted by Crippen LogP contribution is 2.31. The van der Waals surface area contributed by atoms with Gasteiger partial charge in [-0.05, 0) is 42.5 Å². The van der Waals surface area contributed by atoms with Gasteiger partial charge in [-0.2, -0.15) is 0 Å². The number of hydrogen-bond acceptors (Lipinski definition) is 5. The standard InChI is InChI=1S/C19H17ClN2O5S2/c1-27-18-10-6-5-9-17(18)22-29(25,26)19-13-14(11-12-16(19)20)21-28(23,24)15-7-3-2-4-8-15/h2-13,21-22H,1H3. The van der Waals surface area contributed by atoms with Crippen LogP contribution in [0, 0.1) is 0 Å². The first kappa shape index (κ1) is 21.0. The monoisotopic (exact) mass is 452 g/mol. The van der Waals surface area contributed by atoms with Crippen LogP contribution in [0.15, 0.2) is 82.6 Å². The summed E-state index contributed by atoms with van der Waals surface area (Å²) in [5.74, 6) is 0.327. The van der Waals surface area contributed by atoms with Crippen LogP contribution in [0.2, 0.25) is 5.02 Å². The molecule has 10 heteroatoms. The molecule has 0 spiro atoms. The Morgan fingerprint density at radius 2 is 1.45 bits per heavy atom. The van der Waals surface area contributed by atoms with Crippen LogP contribution < -0.4 is 14.2 Å². The highest BCUT2D eigenvalue weighted by Gasteiger charge is 2.22. The van der Waals surface area contributed by atoms with Crippen molar-refractivity contribution in [1.82, 2.24) is 0 Å². The van der Waals surface area contributed by atoms with Crippen LogP contribution in [-0.2, 0) is 20.0 Å². The molecule has 0 amide bonds. The van der Waals surface area contributed by atoms with Crippen LogP contribution in [0.1, 0.15) is 0 Å². The molecule has 29 heavy (non-hydrogen) atoms. The van der Waals surface area contributed by atoms with Crippen LogP contribution >= 0.6 is 11.6 Å². The maximum absolute atomic E-state index is 12.9. The lowest BCUT2D eigenvalue weighted by Gasteiger charge is -2.14. The third kappa shape index (κ3) is 4.81. The zero-order valence-corrected chi connectivity index (χ0v) is 17.6. The number of benzene rings is 3. The third-order valence-electron chi connectivity index (χ3n) is 3.88. The zero-order valence-electron chi connectivity index (χ0n) is 15.2. The largest absolute Gasteiger partial charge is 0.495 e. The van der Waals surface area contributed by atoms with E-state index in [1.807, 2.05) is 0 Å².